The van der Waals surface area contributed by atoms with Crippen LogP contribution in [0.5, 0.6) is 0 Å². The van der Waals surface area contributed by atoms with Crippen LogP contribution in [0.2, 0.25) is 0 Å². The molecule has 2 heterocycles. The van der Waals surface area contributed by atoms with E-state index in [2.05, 4.69) is 44.0 Å². The number of amides is 2. The molecule has 1 aromatic rings. The average Bonchev–Trinajstić information content (AvgIpc) is 3.19. The van der Waals surface area contributed by atoms with Gasteiger partial charge in [0, 0.05) is 43.4 Å². The molecule has 0 bridgehead atoms. The van der Waals surface area contributed by atoms with Gasteiger partial charge in [0.05, 0.1) is 10.7 Å². The number of nitrogens with two attached hydrogens (primary N) is 1. The van der Waals surface area contributed by atoms with Crippen LogP contribution in [0.3, 0.4) is 0 Å². The van der Waals surface area contributed by atoms with Gasteiger partial charge in [-0.25, -0.2) is 4.98 Å². The summed E-state index contributed by atoms with van der Waals surface area (Å²) in [4.78, 5) is 28.1. The molecule has 6 nitrogen and oxygen atoms in total. The Hall–Kier alpha value is -1.73. The molecule has 1 aromatic heterocycles. The van der Waals surface area contributed by atoms with Gasteiger partial charge in [0.1, 0.15) is 0 Å². The Morgan fingerprint density at radius 2 is 1.97 bits per heavy atom. The Kier molecular flexibility index (Phi) is 10.7. The van der Waals surface area contributed by atoms with Gasteiger partial charge in [0.2, 0.25) is 11.8 Å². The normalized spacial score (nSPS) is 19.3. The maximum absolute atomic E-state index is 12.4. The Bertz CT molecular complexity index is 738. The summed E-state index contributed by atoms with van der Waals surface area (Å²) in [6, 6.07) is 0.283. The molecular weight excluding hydrogens is 410 g/mol. The summed E-state index contributed by atoms with van der Waals surface area (Å²) in [5.41, 5.74) is 5.77. The number of aryl methyl sites for hydroxylation is 1. The summed E-state index contributed by atoms with van der Waals surface area (Å²) >= 11 is 1.79. The molecule has 1 aliphatic carbocycles. The van der Waals surface area contributed by atoms with Crippen molar-refractivity contribution in [2.45, 2.75) is 78.7 Å². The maximum Gasteiger partial charge on any atom is 0.220 e. The quantitative estimate of drug-likeness (QED) is 0.624. The Morgan fingerprint density at radius 1 is 1.29 bits per heavy atom. The molecule has 2 aliphatic rings. The molecular formula is C24H39N3O3S. The highest BCUT2D eigenvalue weighted by Gasteiger charge is 2.24. The predicted octanol–water partition coefficient (Wildman–Crippen LogP) is 4.12. The summed E-state index contributed by atoms with van der Waals surface area (Å²) in [5.74, 6) is 1.75. The number of allylic oxidation sites excluding steroid dienone is 1. The van der Waals surface area contributed by atoms with Gasteiger partial charge in [-0.05, 0) is 49.5 Å². The highest BCUT2D eigenvalue weighted by Crippen LogP contribution is 2.31. The van der Waals surface area contributed by atoms with Crippen LogP contribution >= 0.6 is 11.3 Å². The summed E-state index contributed by atoms with van der Waals surface area (Å²) in [7, 11) is 0. The number of primary amides is 1. The third kappa shape index (κ3) is 8.37. The fraction of sp³-hybridized carbons (Fsp3) is 0.708. The molecule has 174 valence electrons. The third-order valence-corrected chi connectivity index (χ3v) is 7.24. The van der Waals surface area contributed by atoms with E-state index in [9.17, 15) is 9.59 Å². The molecule has 0 aromatic carbocycles. The number of nitrogens with zero attached hydrogens (tertiary/aromatic N) is 1. The van der Waals surface area contributed by atoms with Crippen LogP contribution in [0, 0.1) is 17.8 Å². The topological polar surface area (TPSA) is 94.3 Å². The zero-order chi connectivity index (χ0) is 22.8. The van der Waals surface area contributed by atoms with Crippen LogP contribution in [0.15, 0.2) is 6.08 Å². The lowest BCUT2D eigenvalue weighted by atomic mass is 9.88. The number of carbonyl (C=O) groups is 2. The van der Waals surface area contributed by atoms with Crippen molar-refractivity contribution in [3.8, 4) is 0 Å². The van der Waals surface area contributed by atoms with Crippen LogP contribution in [0.25, 0.3) is 6.08 Å². The lowest BCUT2D eigenvalue weighted by molar-refractivity contribution is -0.122. The number of hydrogen-bond donors (Lipinski definition) is 2. The van der Waals surface area contributed by atoms with Gasteiger partial charge >= 0.3 is 0 Å². The summed E-state index contributed by atoms with van der Waals surface area (Å²) in [5, 5.41) is 4.35. The first-order valence-corrected chi connectivity index (χ1v) is 12.5. The smallest absolute Gasteiger partial charge is 0.220 e. The number of thiazole rings is 1. The SMILES string of the molecule is CCC(N)=O.CCC(NC(=O)CCc1nc2c(s1)CC(C(C)C)C=C2)C1CCOCC1. The van der Waals surface area contributed by atoms with E-state index in [1.807, 2.05) is 0 Å². The van der Waals surface area contributed by atoms with Gasteiger partial charge in [-0.3, -0.25) is 9.59 Å². The number of ether oxygens (including phenoxy) is 1. The van der Waals surface area contributed by atoms with Crippen molar-refractivity contribution in [3.63, 3.8) is 0 Å². The molecule has 2 atom stereocenters. The Labute approximate surface area is 191 Å². The molecule has 2 amide bonds. The maximum atomic E-state index is 12.4. The highest BCUT2D eigenvalue weighted by atomic mass is 32.1. The lowest BCUT2D eigenvalue weighted by Crippen LogP contribution is -2.42. The van der Waals surface area contributed by atoms with Crippen LogP contribution < -0.4 is 11.1 Å². The number of nitrogens with one attached hydrogen (secondary N) is 1. The van der Waals surface area contributed by atoms with Gasteiger partial charge in [0.15, 0.2) is 0 Å². The second kappa shape index (κ2) is 13.0. The van der Waals surface area contributed by atoms with E-state index in [0.29, 0.717) is 30.6 Å². The van der Waals surface area contributed by atoms with Gasteiger partial charge in [-0.1, -0.05) is 33.8 Å². The van der Waals surface area contributed by atoms with E-state index >= 15 is 0 Å². The van der Waals surface area contributed by atoms with Gasteiger partial charge in [-0.2, -0.15) is 0 Å². The predicted molar refractivity (Wildman–Crippen MR) is 127 cm³/mol. The van der Waals surface area contributed by atoms with Crippen LogP contribution in [-0.2, 0) is 27.2 Å². The fourth-order valence-corrected chi connectivity index (χ4v) is 5.05. The first kappa shape index (κ1) is 25.5. The molecule has 2 unspecified atom stereocenters. The van der Waals surface area contributed by atoms with E-state index in [0.717, 1.165) is 56.0 Å². The largest absolute Gasteiger partial charge is 0.381 e. The van der Waals surface area contributed by atoms with Crippen LogP contribution in [0.1, 0.15) is 75.4 Å². The Balaban J connectivity index is 0.000000614. The van der Waals surface area contributed by atoms with Crippen LogP contribution in [-0.4, -0.2) is 36.1 Å². The lowest BCUT2D eigenvalue weighted by Gasteiger charge is -2.30. The molecule has 0 radical (unpaired) electrons. The van der Waals surface area contributed by atoms with E-state index in [-0.39, 0.29) is 17.9 Å². The molecule has 3 N–H and O–H groups in total. The van der Waals surface area contributed by atoms with Crippen molar-refractivity contribution in [2.75, 3.05) is 13.2 Å². The number of hydrogen-bond acceptors (Lipinski definition) is 5. The number of aromatic nitrogens is 1. The van der Waals surface area contributed by atoms with E-state index in [1.54, 1.807) is 18.3 Å². The van der Waals surface area contributed by atoms with Crippen molar-refractivity contribution in [1.29, 1.82) is 0 Å². The minimum atomic E-state index is -0.245. The summed E-state index contributed by atoms with van der Waals surface area (Å²) < 4.78 is 5.44. The molecule has 1 aliphatic heterocycles. The minimum absolute atomic E-state index is 0.159. The fourth-order valence-electron chi connectivity index (χ4n) is 3.92. The first-order valence-electron chi connectivity index (χ1n) is 11.7. The zero-order valence-corrected chi connectivity index (χ0v) is 20.3. The molecule has 0 spiro atoms. The second-order valence-electron chi connectivity index (χ2n) is 8.74. The van der Waals surface area contributed by atoms with E-state index in [1.165, 1.54) is 4.88 Å². The highest BCUT2D eigenvalue weighted by molar-refractivity contribution is 7.11. The van der Waals surface area contributed by atoms with Gasteiger partial charge in [0.25, 0.3) is 0 Å². The van der Waals surface area contributed by atoms with Crippen molar-refractivity contribution in [2.24, 2.45) is 23.5 Å². The minimum Gasteiger partial charge on any atom is -0.381 e. The van der Waals surface area contributed by atoms with E-state index in [4.69, 9.17) is 9.72 Å². The first-order chi connectivity index (χ1) is 14.8. The number of carbonyl (C=O) groups excluding carboxylic acids is 2. The third-order valence-electron chi connectivity index (χ3n) is 6.09. The average molecular weight is 450 g/mol. The number of rotatable bonds is 8. The molecule has 3 rings (SSSR count). The van der Waals surface area contributed by atoms with Crippen molar-refractivity contribution < 1.29 is 14.3 Å². The Morgan fingerprint density at radius 3 is 2.55 bits per heavy atom. The molecule has 31 heavy (non-hydrogen) atoms. The van der Waals surface area contributed by atoms with Crippen molar-refractivity contribution >= 4 is 29.2 Å². The van der Waals surface area contributed by atoms with Gasteiger partial charge < -0.3 is 15.8 Å². The second-order valence-corrected chi connectivity index (χ2v) is 9.91. The summed E-state index contributed by atoms with van der Waals surface area (Å²) in [6.07, 6.45) is 10.4. The van der Waals surface area contributed by atoms with Gasteiger partial charge in [-0.15, -0.1) is 11.3 Å². The van der Waals surface area contributed by atoms with Crippen molar-refractivity contribution in [1.82, 2.24) is 10.3 Å². The number of fused-ring (bicyclic) bond motifs is 1. The molecule has 1 fully saturated rings. The monoisotopic (exact) mass is 449 g/mol. The molecule has 0 saturated carbocycles. The summed E-state index contributed by atoms with van der Waals surface area (Å²) in [6.45, 7) is 10.1. The van der Waals surface area contributed by atoms with E-state index < -0.39 is 0 Å². The molecule has 1 saturated heterocycles. The molecule has 7 heteroatoms. The van der Waals surface area contributed by atoms with Crippen LogP contribution in [0.4, 0.5) is 0 Å². The zero-order valence-electron chi connectivity index (χ0n) is 19.5. The standard InChI is InChI=1S/C21H32N2O2S.C3H7NO/c1-4-17(15-9-11-25-12-10-15)22-20(24)7-8-21-23-18-6-5-16(14(2)3)13-19(18)26-21;1-2-3(4)5/h5-6,14-17H,4,7-13H2,1-3H3,(H,22,24);2H2,1H3,(H2,4,5). The van der Waals surface area contributed by atoms with Crippen molar-refractivity contribution in [3.05, 3.63) is 21.7 Å².